The number of rotatable bonds is 6. The Kier molecular flexibility index (Phi) is 10.3. The van der Waals surface area contributed by atoms with Crippen LogP contribution in [0.25, 0.3) is 0 Å². The van der Waals surface area contributed by atoms with Crippen molar-refractivity contribution in [2.24, 2.45) is 4.99 Å². The van der Waals surface area contributed by atoms with Crippen LogP contribution < -0.4 is 10.2 Å². The fraction of sp³-hybridized carbons (Fsp3) is 0.417. The summed E-state index contributed by atoms with van der Waals surface area (Å²) in [7, 11) is 3.48. The normalized spacial score (nSPS) is 14.0. The summed E-state index contributed by atoms with van der Waals surface area (Å²) in [6, 6.07) is 11.2. The molecule has 0 atom stereocenters. The van der Waals surface area contributed by atoms with Gasteiger partial charge < -0.3 is 20.0 Å². The molecule has 0 aromatic heterocycles. The maximum atomic E-state index is 14.1. The number of amides is 1. The minimum atomic E-state index is -0.435. The summed E-state index contributed by atoms with van der Waals surface area (Å²) in [5.74, 6) is -0.0471. The van der Waals surface area contributed by atoms with Crippen LogP contribution in [0.1, 0.15) is 22.8 Å². The van der Waals surface area contributed by atoms with E-state index in [-0.39, 0.29) is 29.9 Å². The van der Waals surface area contributed by atoms with Crippen LogP contribution in [0.3, 0.4) is 0 Å². The maximum absolute atomic E-state index is 14.1. The van der Waals surface area contributed by atoms with E-state index in [0.717, 1.165) is 30.6 Å². The monoisotopic (exact) mass is 571 g/mol. The van der Waals surface area contributed by atoms with Gasteiger partial charge in [0.15, 0.2) is 5.96 Å². The fourth-order valence-corrected chi connectivity index (χ4v) is 3.72. The molecule has 1 heterocycles. The van der Waals surface area contributed by atoms with Gasteiger partial charge in [0.25, 0.3) is 5.91 Å². The Morgan fingerprint density at radius 2 is 1.82 bits per heavy atom. The third-order valence-electron chi connectivity index (χ3n) is 5.41. The average Bonchev–Trinajstić information content (AvgIpc) is 2.80. The molecule has 0 spiro atoms. The van der Waals surface area contributed by atoms with Crippen LogP contribution in [0.4, 0.5) is 14.5 Å². The van der Waals surface area contributed by atoms with Crippen molar-refractivity contribution in [1.82, 2.24) is 15.1 Å². The Balaban J connectivity index is 0.00000385. The van der Waals surface area contributed by atoms with Gasteiger partial charge >= 0.3 is 0 Å². The van der Waals surface area contributed by atoms with Gasteiger partial charge in [-0.05, 0) is 43.2 Å². The number of hydrogen-bond acceptors (Lipinski definition) is 3. The summed E-state index contributed by atoms with van der Waals surface area (Å²) in [6.07, 6.45) is 0.720. The van der Waals surface area contributed by atoms with Crippen LogP contribution in [0.15, 0.2) is 47.5 Å². The first-order chi connectivity index (χ1) is 15.4. The number of nitrogens with zero attached hydrogens (tertiary/aromatic N) is 4. The van der Waals surface area contributed by atoms with Gasteiger partial charge in [0.2, 0.25) is 0 Å². The van der Waals surface area contributed by atoms with Crippen molar-refractivity contribution in [1.29, 1.82) is 0 Å². The molecule has 33 heavy (non-hydrogen) atoms. The zero-order valence-corrected chi connectivity index (χ0v) is 21.7. The molecule has 1 fully saturated rings. The smallest absolute Gasteiger partial charge is 0.253 e. The zero-order valence-electron chi connectivity index (χ0n) is 19.4. The van der Waals surface area contributed by atoms with Crippen LogP contribution in [-0.2, 0) is 6.42 Å². The molecule has 3 rings (SSSR count). The first kappa shape index (κ1) is 26.8. The molecule has 9 heteroatoms. The average molecular weight is 571 g/mol. The van der Waals surface area contributed by atoms with Gasteiger partial charge in [-0.2, -0.15) is 0 Å². The second-order valence-corrected chi connectivity index (χ2v) is 7.96. The first-order valence-electron chi connectivity index (χ1n) is 10.9. The number of halogens is 3. The summed E-state index contributed by atoms with van der Waals surface area (Å²) in [5.41, 5.74) is 2.03. The summed E-state index contributed by atoms with van der Waals surface area (Å²) >= 11 is 0. The van der Waals surface area contributed by atoms with Gasteiger partial charge in [-0.15, -0.1) is 24.0 Å². The van der Waals surface area contributed by atoms with Crippen molar-refractivity contribution in [3.8, 4) is 0 Å². The standard InChI is InChI=1S/C24H31F2N5O.HI/c1-4-27-24(28-11-10-18-6-5-7-19(16-18)23(32)29(2)3)31-14-12-30(13-15-31)22-17-20(25)8-9-21(22)26;/h5-9,16-17H,4,10-15H2,1-3H3,(H,27,28);1H. The van der Waals surface area contributed by atoms with Crippen LogP contribution in [0.5, 0.6) is 0 Å². The van der Waals surface area contributed by atoms with Gasteiger partial charge in [-0.25, -0.2) is 8.78 Å². The molecule has 2 aromatic carbocycles. The molecule has 2 aromatic rings. The zero-order chi connectivity index (χ0) is 23.1. The van der Waals surface area contributed by atoms with E-state index in [1.54, 1.807) is 19.0 Å². The second-order valence-electron chi connectivity index (χ2n) is 7.96. The molecule has 0 saturated carbocycles. The molecule has 1 amide bonds. The Bertz CT molecular complexity index is 962. The van der Waals surface area contributed by atoms with Crippen molar-refractivity contribution in [2.75, 3.05) is 58.3 Å². The second kappa shape index (κ2) is 12.7. The van der Waals surface area contributed by atoms with E-state index in [2.05, 4.69) is 10.2 Å². The highest BCUT2D eigenvalue weighted by molar-refractivity contribution is 14.0. The van der Waals surface area contributed by atoms with E-state index in [0.29, 0.717) is 44.0 Å². The van der Waals surface area contributed by atoms with E-state index in [4.69, 9.17) is 4.99 Å². The van der Waals surface area contributed by atoms with E-state index in [1.807, 2.05) is 36.1 Å². The van der Waals surface area contributed by atoms with E-state index in [9.17, 15) is 13.6 Å². The molecular weight excluding hydrogens is 539 g/mol. The van der Waals surface area contributed by atoms with Gasteiger partial charge in [0.1, 0.15) is 11.6 Å². The topological polar surface area (TPSA) is 51.2 Å². The third kappa shape index (κ3) is 7.28. The number of guanidine groups is 1. The molecule has 0 aliphatic carbocycles. The molecule has 1 aliphatic heterocycles. The Morgan fingerprint density at radius 1 is 1.09 bits per heavy atom. The van der Waals surface area contributed by atoms with E-state index >= 15 is 0 Å². The highest BCUT2D eigenvalue weighted by atomic mass is 127. The number of carbonyl (C=O) groups excluding carboxylic acids is 1. The Morgan fingerprint density at radius 3 is 2.48 bits per heavy atom. The van der Waals surface area contributed by atoms with Crippen molar-refractivity contribution in [3.05, 3.63) is 65.2 Å². The predicted molar refractivity (Wildman–Crippen MR) is 140 cm³/mol. The summed E-state index contributed by atoms with van der Waals surface area (Å²) < 4.78 is 27.6. The van der Waals surface area contributed by atoms with Gasteiger partial charge in [-0.1, -0.05) is 12.1 Å². The lowest BCUT2D eigenvalue weighted by Gasteiger charge is -2.37. The molecule has 6 nitrogen and oxygen atoms in total. The highest BCUT2D eigenvalue weighted by Crippen LogP contribution is 2.22. The van der Waals surface area contributed by atoms with E-state index < -0.39 is 11.6 Å². The lowest BCUT2D eigenvalue weighted by atomic mass is 10.1. The molecule has 0 bridgehead atoms. The number of carbonyl (C=O) groups is 1. The number of hydrogen-bond donors (Lipinski definition) is 1. The number of aliphatic imine (C=N–C) groups is 1. The fourth-order valence-electron chi connectivity index (χ4n) is 3.72. The molecule has 0 radical (unpaired) electrons. The number of nitrogens with one attached hydrogen (secondary N) is 1. The maximum Gasteiger partial charge on any atom is 0.253 e. The van der Waals surface area contributed by atoms with Crippen molar-refractivity contribution in [3.63, 3.8) is 0 Å². The predicted octanol–water partition coefficient (Wildman–Crippen LogP) is 3.61. The molecule has 180 valence electrons. The minimum Gasteiger partial charge on any atom is -0.366 e. The number of anilines is 1. The number of benzene rings is 2. The highest BCUT2D eigenvalue weighted by Gasteiger charge is 2.22. The molecule has 1 saturated heterocycles. The van der Waals surface area contributed by atoms with Crippen LogP contribution in [0, 0.1) is 11.6 Å². The molecular formula is C24H32F2IN5O. The minimum absolute atomic E-state index is 0. The molecule has 1 aliphatic rings. The lowest BCUT2D eigenvalue weighted by molar-refractivity contribution is 0.0827. The van der Waals surface area contributed by atoms with Gasteiger partial charge in [0.05, 0.1) is 5.69 Å². The summed E-state index contributed by atoms with van der Waals surface area (Å²) in [6.45, 7) is 5.83. The molecule has 1 N–H and O–H groups in total. The van der Waals surface area contributed by atoms with E-state index in [1.165, 1.54) is 12.1 Å². The SMILES string of the molecule is CCNC(=NCCc1cccc(C(=O)N(C)C)c1)N1CCN(c2cc(F)ccc2F)CC1.I. The number of piperazine rings is 1. The first-order valence-corrected chi connectivity index (χ1v) is 10.9. The van der Waals surface area contributed by atoms with Crippen LogP contribution >= 0.6 is 24.0 Å². The summed E-state index contributed by atoms with van der Waals surface area (Å²) in [5, 5.41) is 3.32. The quantitative estimate of drug-likeness (QED) is 0.327. The lowest BCUT2D eigenvalue weighted by Crippen LogP contribution is -2.52. The largest absolute Gasteiger partial charge is 0.366 e. The third-order valence-corrected chi connectivity index (χ3v) is 5.41. The van der Waals surface area contributed by atoms with Crippen LogP contribution in [-0.4, -0.2) is 75.0 Å². The van der Waals surface area contributed by atoms with Crippen molar-refractivity contribution >= 4 is 41.5 Å². The van der Waals surface area contributed by atoms with Gasteiger partial charge in [0, 0.05) is 65.0 Å². The Labute approximate surface area is 211 Å². The van der Waals surface area contributed by atoms with Gasteiger partial charge in [-0.3, -0.25) is 9.79 Å². The van der Waals surface area contributed by atoms with Crippen molar-refractivity contribution in [2.45, 2.75) is 13.3 Å². The van der Waals surface area contributed by atoms with Crippen LogP contribution in [0.2, 0.25) is 0 Å². The molecule has 0 unspecified atom stereocenters. The summed E-state index contributed by atoms with van der Waals surface area (Å²) in [4.78, 5) is 22.5. The van der Waals surface area contributed by atoms with Crippen molar-refractivity contribution < 1.29 is 13.6 Å². The Hall–Kier alpha value is -2.43.